The first-order valence-corrected chi connectivity index (χ1v) is 11.8. The summed E-state index contributed by atoms with van der Waals surface area (Å²) >= 11 is 0. The topological polar surface area (TPSA) is 91.1 Å². The summed E-state index contributed by atoms with van der Waals surface area (Å²) in [6.07, 6.45) is 1.94. The number of carbonyl (C=O) groups excluding carboxylic acids is 2. The highest BCUT2D eigenvalue weighted by molar-refractivity contribution is 6.02. The Morgan fingerprint density at radius 2 is 1.86 bits per heavy atom. The standard InChI is InChI=1S/C28H26N2O6/c1-4-12-30-27(31)25(36-28(30)32)21-14-17(2)24(35-16-22-29-11-13-34-22)26(33-3)23(21)20-10-9-18-7-5-6-8-19(18)15-20/h5-11,13-15,25H,4,12,16H2,1-3H3. The number of aryl methyl sites for hydroxylation is 1. The summed E-state index contributed by atoms with van der Waals surface area (Å²) in [7, 11) is 1.55. The Morgan fingerprint density at radius 1 is 1.06 bits per heavy atom. The van der Waals surface area contributed by atoms with Crippen molar-refractivity contribution in [2.24, 2.45) is 0 Å². The number of hydrogen-bond acceptors (Lipinski definition) is 7. The Hall–Kier alpha value is -4.33. The molecular formula is C28H26N2O6. The Balaban J connectivity index is 1.68. The molecular weight excluding hydrogens is 460 g/mol. The van der Waals surface area contributed by atoms with Gasteiger partial charge in [-0.3, -0.25) is 4.79 Å². The molecule has 0 radical (unpaired) electrons. The zero-order valence-corrected chi connectivity index (χ0v) is 20.3. The molecule has 1 aromatic heterocycles. The summed E-state index contributed by atoms with van der Waals surface area (Å²) in [5.41, 5.74) is 2.69. The fourth-order valence-corrected chi connectivity index (χ4v) is 4.54. The number of cyclic esters (lactones) is 1. The van der Waals surface area contributed by atoms with E-state index in [1.807, 2.05) is 62.4 Å². The monoisotopic (exact) mass is 486 g/mol. The first-order chi connectivity index (χ1) is 17.5. The maximum Gasteiger partial charge on any atom is 0.417 e. The van der Waals surface area contributed by atoms with Crippen LogP contribution in [-0.2, 0) is 16.1 Å². The number of imide groups is 1. The van der Waals surface area contributed by atoms with Crippen molar-refractivity contribution in [2.45, 2.75) is 33.0 Å². The lowest BCUT2D eigenvalue weighted by Crippen LogP contribution is -2.30. The van der Waals surface area contributed by atoms with Crippen molar-refractivity contribution < 1.29 is 28.2 Å². The van der Waals surface area contributed by atoms with Crippen LogP contribution in [0.4, 0.5) is 4.79 Å². The second kappa shape index (κ2) is 9.73. The molecule has 1 saturated heterocycles. The number of hydrogen-bond donors (Lipinski definition) is 0. The molecule has 2 heterocycles. The molecule has 8 heteroatoms. The van der Waals surface area contributed by atoms with Crippen LogP contribution in [0.3, 0.4) is 0 Å². The fourth-order valence-electron chi connectivity index (χ4n) is 4.54. The molecule has 184 valence electrons. The fraction of sp³-hybridized carbons (Fsp3) is 0.250. The Bertz CT molecular complexity index is 1430. The van der Waals surface area contributed by atoms with Gasteiger partial charge in [-0.05, 0) is 47.4 Å². The summed E-state index contributed by atoms with van der Waals surface area (Å²) in [6, 6.07) is 15.8. The van der Waals surface area contributed by atoms with Crippen LogP contribution in [-0.4, -0.2) is 35.5 Å². The molecule has 4 aromatic rings. The number of nitrogens with zero attached hydrogens (tertiary/aromatic N) is 2. The third kappa shape index (κ3) is 4.15. The number of ether oxygens (including phenoxy) is 3. The molecule has 2 amide bonds. The zero-order valence-electron chi connectivity index (χ0n) is 20.3. The number of carbonyl (C=O) groups is 2. The number of amides is 2. The van der Waals surface area contributed by atoms with Crippen LogP contribution >= 0.6 is 0 Å². The largest absolute Gasteiger partial charge is 0.492 e. The minimum atomic E-state index is -1.08. The molecule has 0 bridgehead atoms. The van der Waals surface area contributed by atoms with Gasteiger partial charge in [0.2, 0.25) is 12.0 Å². The van der Waals surface area contributed by atoms with Gasteiger partial charge in [0, 0.05) is 17.7 Å². The van der Waals surface area contributed by atoms with Gasteiger partial charge in [-0.25, -0.2) is 14.7 Å². The Labute approximate surface area is 208 Å². The van der Waals surface area contributed by atoms with Gasteiger partial charge in [0.05, 0.1) is 13.3 Å². The van der Waals surface area contributed by atoms with E-state index in [1.54, 1.807) is 13.3 Å². The molecule has 1 aliphatic rings. The summed E-state index contributed by atoms with van der Waals surface area (Å²) in [5.74, 6) is 0.955. The summed E-state index contributed by atoms with van der Waals surface area (Å²) < 4.78 is 22.9. The van der Waals surface area contributed by atoms with Crippen molar-refractivity contribution in [2.75, 3.05) is 13.7 Å². The molecule has 36 heavy (non-hydrogen) atoms. The van der Waals surface area contributed by atoms with Crippen molar-refractivity contribution >= 4 is 22.8 Å². The van der Waals surface area contributed by atoms with Crippen LogP contribution in [0.15, 0.2) is 65.4 Å². The lowest BCUT2D eigenvalue weighted by molar-refractivity contribution is -0.129. The highest BCUT2D eigenvalue weighted by Gasteiger charge is 2.43. The molecule has 0 saturated carbocycles. The van der Waals surface area contributed by atoms with E-state index in [4.69, 9.17) is 18.6 Å². The predicted molar refractivity (Wildman–Crippen MR) is 133 cm³/mol. The van der Waals surface area contributed by atoms with Crippen molar-refractivity contribution in [1.29, 1.82) is 0 Å². The predicted octanol–water partition coefficient (Wildman–Crippen LogP) is 5.82. The number of methoxy groups -OCH3 is 1. The van der Waals surface area contributed by atoms with Gasteiger partial charge in [0.15, 0.2) is 18.1 Å². The van der Waals surface area contributed by atoms with Gasteiger partial charge in [-0.2, -0.15) is 0 Å². The third-order valence-electron chi connectivity index (χ3n) is 6.18. The van der Waals surface area contributed by atoms with E-state index in [0.29, 0.717) is 41.5 Å². The van der Waals surface area contributed by atoms with Gasteiger partial charge in [-0.1, -0.05) is 43.3 Å². The van der Waals surface area contributed by atoms with Gasteiger partial charge < -0.3 is 18.6 Å². The van der Waals surface area contributed by atoms with E-state index in [1.165, 1.54) is 6.26 Å². The molecule has 1 fully saturated rings. The normalized spacial score (nSPS) is 15.4. The minimum absolute atomic E-state index is 0.0995. The summed E-state index contributed by atoms with van der Waals surface area (Å²) in [5, 5.41) is 2.10. The molecule has 0 spiro atoms. The van der Waals surface area contributed by atoms with E-state index >= 15 is 0 Å². The maximum absolute atomic E-state index is 13.3. The van der Waals surface area contributed by atoms with Crippen molar-refractivity contribution in [1.82, 2.24) is 9.88 Å². The van der Waals surface area contributed by atoms with Crippen LogP contribution in [0, 0.1) is 6.92 Å². The van der Waals surface area contributed by atoms with Crippen LogP contribution < -0.4 is 9.47 Å². The molecule has 5 rings (SSSR count). The maximum atomic E-state index is 13.3. The van der Waals surface area contributed by atoms with Gasteiger partial charge in [0.25, 0.3) is 5.91 Å². The number of benzene rings is 3. The van der Waals surface area contributed by atoms with E-state index in [9.17, 15) is 9.59 Å². The van der Waals surface area contributed by atoms with Gasteiger partial charge >= 0.3 is 6.09 Å². The van der Waals surface area contributed by atoms with E-state index < -0.39 is 18.1 Å². The van der Waals surface area contributed by atoms with Crippen molar-refractivity contribution in [3.8, 4) is 22.6 Å². The van der Waals surface area contributed by atoms with E-state index in [2.05, 4.69) is 4.98 Å². The number of rotatable bonds is 8. The molecule has 1 unspecified atom stereocenters. The van der Waals surface area contributed by atoms with Crippen molar-refractivity contribution in [3.05, 3.63) is 78.0 Å². The van der Waals surface area contributed by atoms with E-state index in [0.717, 1.165) is 26.8 Å². The molecule has 8 nitrogen and oxygen atoms in total. The number of fused-ring (bicyclic) bond motifs is 1. The quantitative estimate of drug-likeness (QED) is 0.310. The first kappa shape index (κ1) is 23.4. The lowest BCUT2D eigenvalue weighted by atomic mass is 9.91. The second-order valence-corrected chi connectivity index (χ2v) is 8.55. The molecule has 1 aliphatic heterocycles. The van der Waals surface area contributed by atoms with Crippen LogP contribution in [0.2, 0.25) is 0 Å². The van der Waals surface area contributed by atoms with Gasteiger partial charge in [0.1, 0.15) is 6.26 Å². The SMILES string of the molecule is CCCN1C(=O)OC(c2cc(C)c(OCc3ncco3)c(OC)c2-c2ccc3ccccc3c2)C1=O. The Morgan fingerprint density at radius 3 is 2.58 bits per heavy atom. The van der Waals surface area contributed by atoms with Crippen LogP contribution in [0.5, 0.6) is 11.5 Å². The number of oxazole rings is 1. The molecule has 1 atom stereocenters. The highest BCUT2D eigenvalue weighted by Crippen LogP contribution is 2.47. The Kier molecular flexibility index (Phi) is 6.33. The van der Waals surface area contributed by atoms with Crippen molar-refractivity contribution in [3.63, 3.8) is 0 Å². The zero-order chi connectivity index (χ0) is 25.2. The second-order valence-electron chi connectivity index (χ2n) is 8.55. The van der Waals surface area contributed by atoms with E-state index in [-0.39, 0.29) is 6.61 Å². The van der Waals surface area contributed by atoms with Crippen LogP contribution in [0.25, 0.3) is 21.9 Å². The third-order valence-corrected chi connectivity index (χ3v) is 6.18. The number of aromatic nitrogens is 1. The minimum Gasteiger partial charge on any atom is -0.492 e. The van der Waals surface area contributed by atoms with Gasteiger partial charge in [-0.15, -0.1) is 0 Å². The average Bonchev–Trinajstić information content (AvgIpc) is 3.51. The summed E-state index contributed by atoms with van der Waals surface area (Å²) in [6.45, 7) is 4.16. The van der Waals surface area contributed by atoms with Crippen LogP contribution in [0.1, 0.15) is 36.5 Å². The highest BCUT2D eigenvalue weighted by atomic mass is 16.6. The lowest BCUT2D eigenvalue weighted by Gasteiger charge is -2.22. The first-order valence-electron chi connectivity index (χ1n) is 11.8. The molecule has 3 aromatic carbocycles. The molecule has 0 aliphatic carbocycles. The molecule has 0 N–H and O–H groups in total. The smallest absolute Gasteiger partial charge is 0.417 e. The average molecular weight is 487 g/mol. The summed E-state index contributed by atoms with van der Waals surface area (Å²) in [4.78, 5) is 31.1.